The molecule has 1 aromatic rings. The van der Waals surface area contributed by atoms with E-state index in [-0.39, 0.29) is 6.04 Å². The molecule has 0 radical (unpaired) electrons. The molecule has 1 fully saturated rings. The lowest BCUT2D eigenvalue weighted by Crippen LogP contribution is -2.34. The second-order valence-electron chi connectivity index (χ2n) is 5.50. The molecule has 2 heteroatoms. The quantitative estimate of drug-likeness (QED) is 0.874. The van der Waals surface area contributed by atoms with Crippen molar-refractivity contribution >= 4 is 5.69 Å². The summed E-state index contributed by atoms with van der Waals surface area (Å²) in [7, 11) is 0. The average Bonchev–Trinajstić information content (AvgIpc) is 2.79. The SMILES string of the molecule is CCC1CCC(C)N1c1ccc([C@H](N)CC)cc1. The van der Waals surface area contributed by atoms with E-state index in [1.165, 1.54) is 30.5 Å². The highest BCUT2D eigenvalue weighted by Gasteiger charge is 2.29. The molecule has 1 aliphatic heterocycles. The molecule has 100 valence electrons. The Kier molecular flexibility index (Phi) is 4.28. The van der Waals surface area contributed by atoms with Gasteiger partial charge >= 0.3 is 0 Å². The predicted octanol–water partition coefficient (Wildman–Crippen LogP) is 3.86. The second-order valence-corrected chi connectivity index (χ2v) is 5.50. The summed E-state index contributed by atoms with van der Waals surface area (Å²) in [5.74, 6) is 0. The molecule has 2 unspecified atom stereocenters. The molecule has 0 aromatic heterocycles. The molecule has 2 rings (SSSR count). The minimum absolute atomic E-state index is 0.178. The summed E-state index contributed by atoms with van der Waals surface area (Å²) >= 11 is 0. The minimum atomic E-state index is 0.178. The van der Waals surface area contributed by atoms with Crippen LogP contribution < -0.4 is 10.6 Å². The Bertz CT molecular complexity index is 371. The van der Waals surface area contributed by atoms with Crippen molar-refractivity contribution < 1.29 is 0 Å². The third-order valence-corrected chi connectivity index (χ3v) is 4.32. The maximum atomic E-state index is 6.06. The fraction of sp³-hybridized carbons (Fsp3) is 0.625. The van der Waals surface area contributed by atoms with Crippen LogP contribution in [0.2, 0.25) is 0 Å². The first-order valence-electron chi connectivity index (χ1n) is 7.31. The molecule has 2 N–H and O–H groups in total. The summed E-state index contributed by atoms with van der Waals surface area (Å²) in [5.41, 5.74) is 8.68. The van der Waals surface area contributed by atoms with Gasteiger partial charge in [0.25, 0.3) is 0 Å². The van der Waals surface area contributed by atoms with Crippen LogP contribution in [0.5, 0.6) is 0 Å². The molecule has 1 aromatic carbocycles. The number of nitrogens with zero attached hydrogens (tertiary/aromatic N) is 1. The second kappa shape index (κ2) is 5.75. The number of anilines is 1. The van der Waals surface area contributed by atoms with E-state index < -0.39 is 0 Å². The third-order valence-electron chi connectivity index (χ3n) is 4.32. The fourth-order valence-electron chi connectivity index (χ4n) is 3.07. The zero-order valence-electron chi connectivity index (χ0n) is 11.9. The lowest BCUT2D eigenvalue weighted by Gasteiger charge is -2.30. The first-order valence-corrected chi connectivity index (χ1v) is 7.31. The molecule has 1 saturated heterocycles. The zero-order chi connectivity index (χ0) is 13.1. The van der Waals surface area contributed by atoms with Crippen LogP contribution in [0.3, 0.4) is 0 Å². The Morgan fingerprint density at radius 3 is 2.44 bits per heavy atom. The smallest absolute Gasteiger partial charge is 0.0371 e. The highest BCUT2D eigenvalue weighted by molar-refractivity contribution is 5.51. The predicted molar refractivity (Wildman–Crippen MR) is 78.9 cm³/mol. The summed E-state index contributed by atoms with van der Waals surface area (Å²) in [5, 5.41) is 0. The Morgan fingerprint density at radius 2 is 1.89 bits per heavy atom. The number of hydrogen-bond acceptors (Lipinski definition) is 2. The van der Waals surface area contributed by atoms with E-state index in [1.807, 2.05) is 0 Å². The van der Waals surface area contributed by atoms with E-state index in [0.29, 0.717) is 12.1 Å². The van der Waals surface area contributed by atoms with Gasteiger partial charge in [-0.3, -0.25) is 0 Å². The third kappa shape index (κ3) is 2.54. The Morgan fingerprint density at radius 1 is 1.22 bits per heavy atom. The lowest BCUT2D eigenvalue weighted by atomic mass is 10.0. The molecule has 0 spiro atoms. The van der Waals surface area contributed by atoms with Gasteiger partial charge in [-0.25, -0.2) is 0 Å². The van der Waals surface area contributed by atoms with Gasteiger partial charge in [0.1, 0.15) is 0 Å². The fourth-order valence-corrected chi connectivity index (χ4v) is 3.07. The summed E-state index contributed by atoms with van der Waals surface area (Å²) in [6, 6.07) is 10.4. The molecule has 0 saturated carbocycles. The highest BCUT2D eigenvalue weighted by atomic mass is 15.2. The van der Waals surface area contributed by atoms with Crippen LogP contribution in [0, 0.1) is 0 Å². The minimum Gasteiger partial charge on any atom is -0.366 e. The van der Waals surface area contributed by atoms with Gasteiger partial charge in [-0.05, 0) is 50.3 Å². The van der Waals surface area contributed by atoms with E-state index in [2.05, 4.69) is 49.9 Å². The summed E-state index contributed by atoms with van der Waals surface area (Å²) in [6.07, 6.45) is 4.88. The monoisotopic (exact) mass is 246 g/mol. The van der Waals surface area contributed by atoms with E-state index >= 15 is 0 Å². The van der Waals surface area contributed by atoms with Crippen LogP contribution >= 0.6 is 0 Å². The van der Waals surface area contributed by atoms with Crippen LogP contribution in [0.4, 0.5) is 5.69 Å². The Balaban J connectivity index is 2.18. The van der Waals surface area contributed by atoms with Gasteiger partial charge in [-0.1, -0.05) is 26.0 Å². The van der Waals surface area contributed by atoms with Gasteiger partial charge in [-0.15, -0.1) is 0 Å². The van der Waals surface area contributed by atoms with Crippen molar-refractivity contribution in [2.24, 2.45) is 5.73 Å². The largest absolute Gasteiger partial charge is 0.366 e. The molecule has 1 heterocycles. The zero-order valence-corrected chi connectivity index (χ0v) is 11.9. The van der Waals surface area contributed by atoms with Crippen LogP contribution in [0.1, 0.15) is 58.1 Å². The van der Waals surface area contributed by atoms with Crippen molar-refractivity contribution in [3.63, 3.8) is 0 Å². The molecule has 2 nitrogen and oxygen atoms in total. The van der Waals surface area contributed by atoms with Crippen molar-refractivity contribution in [1.29, 1.82) is 0 Å². The standard InChI is InChI=1S/C16H26N2/c1-4-14-9-6-12(3)18(14)15-10-7-13(8-11-15)16(17)5-2/h7-8,10-12,14,16H,4-6,9,17H2,1-3H3/t12?,14?,16-/m1/s1. The van der Waals surface area contributed by atoms with Crippen molar-refractivity contribution in [3.05, 3.63) is 29.8 Å². The molecule has 0 amide bonds. The van der Waals surface area contributed by atoms with Gasteiger partial charge in [-0.2, -0.15) is 0 Å². The molecule has 18 heavy (non-hydrogen) atoms. The van der Waals surface area contributed by atoms with E-state index in [0.717, 1.165) is 6.42 Å². The maximum absolute atomic E-state index is 6.06. The first-order chi connectivity index (χ1) is 8.67. The molecule has 3 atom stereocenters. The molecular weight excluding hydrogens is 220 g/mol. The number of benzene rings is 1. The van der Waals surface area contributed by atoms with Gasteiger partial charge in [0.15, 0.2) is 0 Å². The van der Waals surface area contributed by atoms with Crippen molar-refractivity contribution in [2.45, 2.75) is 64.6 Å². The van der Waals surface area contributed by atoms with Gasteiger partial charge in [0.2, 0.25) is 0 Å². The molecule has 0 aliphatic carbocycles. The summed E-state index contributed by atoms with van der Waals surface area (Å²) < 4.78 is 0. The van der Waals surface area contributed by atoms with Crippen LogP contribution in [0.25, 0.3) is 0 Å². The van der Waals surface area contributed by atoms with Gasteiger partial charge in [0, 0.05) is 23.8 Å². The Labute approximate surface area is 111 Å². The van der Waals surface area contributed by atoms with E-state index in [4.69, 9.17) is 5.73 Å². The number of hydrogen-bond donors (Lipinski definition) is 1. The highest BCUT2D eigenvalue weighted by Crippen LogP contribution is 2.32. The topological polar surface area (TPSA) is 29.3 Å². The Hall–Kier alpha value is -1.02. The van der Waals surface area contributed by atoms with Crippen molar-refractivity contribution in [3.8, 4) is 0 Å². The molecule has 1 aliphatic rings. The lowest BCUT2D eigenvalue weighted by molar-refractivity contribution is 0.627. The van der Waals surface area contributed by atoms with Gasteiger partial charge < -0.3 is 10.6 Å². The summed E-state index contributed by atoms with van der Waals surface area (Å²) in [6.45, 7) is 6.76. The van der Waals surface area contributed by atoms with Crippen LogP contribution in [-0.4, -0.2) is 12.1 Å². The average molecular weight is 246 g/mol. The first kappa shape index (κ1) is 13.4. The number of nitrogens with two attached hydrogens (primary N) is 1. The molecular formula is C16H26N2. The van der Waals surface area contributed by atoms with E-state index in [9.17, 15) is 0 Å². The van der Waals surface area contributed by atoms with Gasteiger partial charge in [0.05, 0.1) is 0 Å². The number of rotatable bonds is 4. The van der Waals surface area contributed by atoms with Crippen molar-refractivity contribution in [1.82, 2.24) is 0 Å². The maximum Gasteiger partial charge on any atom is 0.0371 e. The summed E-state index contributed by atoms with van der Waals surface area (Å²) in [4.78, 5) is 2.58. The molecule has 0 bridgehead atoms. The normalized spacial score (nSPS) is 25.4. The van der Waals surface area contributed by atoms with Crippen LogP contribution in [0.15, 0.2) is 24.3 Å². The van der Waals surface area contributed by atoms with Crippen LogP contribution in [-0.2, 0) is 0 Å². The van der Waals surface area contributed by atoms with E-state index in [1.54, 1.807) is 0 Å². The van der Waals surface area contributed by atoms with Crippen molar-refractivity contribution in [2.75, 3.05) is 4.90 Å².